The maximum absolute atomic E-state index is 13.1. The zero-order valence-corrected chi connectivity index (χ0v) is 16.6. The van der Waals surface area contributed by atoms with Gasteiger partial charge in [-0.25, -0.2) is 14.8 Å². The maximum atomic E-state index is 13.1. The van der Waals surface area contributed by atoms with Crippen LogP contribution in [0.5, 0.6) is 5.75 Å². The molecule has 1 amide bonds. The molecule has 3 aromatic rings. The van der Waals surface area contributed by atoms with Crippen LogP contribution in [-0.4, -0.2) is 38.2 Å². The van der Waals surface area contributed by atoms with Crippen molar-refractivity contribution in [1.82, 2.24) is 24.4 Å². The summed E-state index contributed by atoms with van der Waals surface area (Å²) in [5.74, 6) is 0.340. The first kappa shape index (κ1) is 20.2. The zero-order chi connectivity index (χ0) is 21.0. The highest BCUT2D eigenvalue weighted by Crippen LogP contribution is 2.12. The first-order valence-corrected chi connectivity index (χ1v) is 9.31. The minimum Gasteiger partial charge on any atom is -0.497 e. The van der Waals surface area contributed by atoms with E-state index in [9.17, 15) is 14.4 Å². The highest BCUT2D eigenvalue weighted by molar-refractivity contribution is 5.78. The lowest BCUT2D eigenvalue weighted by atomic mass is 10.2. The summed E-state index contributed by atoms with van der Waals surface area (Å²) >= 11 is 0. The van der Waals surface area contributed by atoms with Crippen molar-refractivity contribution in [1.29, 1.82) is 0 Å². The van der Waals surface area contributed by atoms with Gasteiger partial charge in [-0.05, 0) is 31.0 Å². The van der Waals surface area contributed by atoms with E-state index in [1.54, 1.807) is 31.4 Å². The van der Waals surface area contributed by atoms with Gasteiger partial charge >= 0.3 is 5.69 Å². The van der Waals surface area contributed by atoms with Crippen LogP contribution in [0.2, 0.25) is 0 Å². The third-order valence-corrected chi connectivity index (χ3v) is 4.67. The molecule has 0 bridgehead atoms. The lowest BCUT2D eigenvalue weighted by Gasteiger charge is -2.15. The number of amides is 1. The molecule has 9 nitrogen and oxygen atoms in total. The SMILES string of the molecule is CC[C@@H](C)NC(=O)Cn1c(=O)n(Cc2ccc(OC)cc2)c(=O)c2nccnc21. The summed E-state index contributed by atoms with van der Waals surface area (Å²) < 4.78 is 7.38. The minimum atomic E-state index is -0.613. The molecule has 152 valence electrons. The predicted molar refractivity (Wildman–Crippen MR) is 108 cm³/mol. The van der Waals surface area contributed by atoms with E-state index in [2.05, 4.69) is 15.3 Å². The molecule has 0 unspecified atom stereocenters. The van der Waals surface area contributed by atoms with Crippen molar-refractivity contribution in [2.24, 2.45) is 0 Å². The molecule has 2 heterocycles. The van der Waals surface area contributed by atoms with Crippen LogP contribution in [0.4, 0.5) is 0 Å². The molecule has 0 aliphatic carbocycles. The van der Waals surface area contributed by atoms with E-state index in [0.717, 1.165) is 16.6 Å². The fourth-order valence-electron chi connectivity index (χ4n) is 2.89. The molecule has 1 atom stereocenters. The molecular formula is C20H23N5O4. The molecule has 3 rings (SSSR count). The standard InChI is InChI=1S/C20H23N5O4/c1-4-13(2)23-16(26)12-24-18-17(21-9-10-22-18)19(27)25(20(24)28)11-14-5-7-15(29-3)8-6-14/h5-10,13H,4,11-12H2,1-3H3,(H,23,26)/t13-/m1/s1. The number of methoxy groups -OCH3 is 1. The first-order chi connectivity index (χ1) is 13.9. The van der Waals surface area contributed by atoms with Crippen LogP contribution in [0.25, 0.3) is 11.2 Å². The van der Waals surface area contributed by atoms with Gasteiger partial charge in [0.1, 0.15) is 12.3 Å². The van der Waals surface area contributed by atoms with Crippen molar-refractivity contribution < 1.29 is 9.53 Å². The van der Waals surface area contributed by atoms with Crippen molar-refractivity contribution >= 4 is 17.1 Å². The predicted octanol–water partition coefficient (Wildman–Crippen LogP) is 0.925. The first-order valence-electron chi connectivity index (χ1n) is 9.31. The highest BCUT2D eigenvalue weighted by atomic mass is 16.5. The van der Waals surface area contributed by atoms with E-state index in [0.29, 0.717) is 5.75 Å². The third-order valence-electron chi connectivity index (χ3n) is 4.67. The van der Waals surface area contributed by atoms with Crippen LogP contribution in [0.1, 0.15) is 25.8 Å². The molecular weight excluding hydrogens is 374 g/mol. The molecule has 0 saturated carbocycles. The second kappa shape index (κ2) is 8.68. The Balaban J connectivity index is 2.07. The van der Waals surface area contributed by atoms with Crippen LogP contribution >= 0.6 is 0 Å². The van der Waals surface area contributed by atoms with Gasteiger partial charge in [0, 0.05) is 18.4 Å². The fourth-order valence-corrected chi connectivity index (χ4v) is 2.89. The summed E-state index contributed by atoms with van der Waals surface area (Å²) in [6.07, 6.45) is 3.53. The van der Waals surface area contributed by atoms with E-state index in [4.69, 9.17) is 4.74 Å². The number of ether oxygens (including phenoxy) is 1. The maximum Gasteiger partial charge on any atom is 0.333 e. The van der Waals surface area contributed by atoms with Gasteiger partial charge < -0.3 is 10.1 Å². The quantitative estimate of drug-likeness (QED) is 0.635. The zero-order valence-electron chi connectivity index (χ0n) is 16.6. The number of carbonyl (C=O) groups excluding carboxylic acids is 1. The number of hydrogen-bond acceptors (Lipinski definition) is 6. The average molecular weight is 397 g/mol. The summed E-state index contributed by atoms with van der Waals surface area (Å²) in [7, 11) is 1.56. The van der Waals surface area contributed by atoms with Crippen LogP contribution in [0.15, 0.2) is 46.2 Å². The fraction of sp³-hybridized carbons (Fsp3) is 0.350. The number of nitrogens with zero attached hydrogens (tertiary/aromatic N) is 4. The average Bonchev–Trinajstić information content (AvgIpc) is 2.74. The largest absolute Gasteiger partial charge is 0.497 e. The van der Waals surface area contributed by atoms with Gasteiger partial charge in [0.05, 0.1) is 13.7 Å². The number of nitrogens with one attached hydrogen (secondary N) is 1. The van der Waals surface area contributed by atoms with Crippen LogP contribution < -0.4 is 21.3 Å². The molecule has 1 N–H and O–H groups in total. The van der Waals surface area contributed by atoms with Crippen LogP contribution in [0, 0.1) is 0 Å². The summed E-state index contributed by atoms with van der Waals surface area (Å²) in [5, 5.41) is 2.82. The van der Waals surface area contributed by atoms with Crippen LogP contribution in [-0.2, 0) is 17.9 Å². The van der Waals surface area contributed by atoms with E-state index in [1.165, 1.54) is 17.0 Å². The lowest BCUT2D eigenvalue weighted by Crippen LogP contribution is -2.44. The Morgan fingerprint density at radius 3 is 2.48 bits per heavy atom. The van der Waals surface area contributed by atoms with E-state index >= 15 is 0 Å². The van der Waals surface area contributed by atoms with Gasteiger partial charge in [0.2, 0.25) is 5.91 Å². The molecule has 0 radical (unpaired) electrons. The van der Waals surface area contributed by atoms with Crippen molar-refractivity contribution in [3.05, 3.63) is 63.1 Å². The van der Waals surface area contributed by atoms with Crippen molar-refractivity contribution in [3.8, 4) is 5.75 Å². The number of aromatic nitrogens is 4. The van der Waals surface area contributed by atoms with E-state index < -0.39 is 11.2 Å². The number of rotatable bonds is 7. The number of benzene rings is 1. The second-order valence-corrected chi connectivity index (χ2v) is 6.71. The molecule has 0 aliphatic rings. The van der Waals surface area contributed by atoms with E-state index in [-0.39, 0.29) is 36.2 Å². The van der Waals surface area contributed by atoms with Gasteiger partial charge in [-0.3, -0.25) is 18.7 Å². The smallest absolute Gasteiger partial charge is 0.333 e. The van der Waals surface area contributed by atoms with Crippen molar-refractivity contribution in [2.45, 2.75) is 39.4 Å². The van der Waals surface area contributed by atoms with Crippen LogP contribution in [0.3, 0.4) is 0 Å². The molecule has 29 heavy (non-hydrogen) atoms. The molecule has 1 aromatic carbocycles. The number of carbonyl (C=O) groups is 1. The molecule has 0 aliphatic heterocycles. The van der Waals surface area contributed by atoms with Gasteiger partial charge in [0.25, 0.3) is 5.56 Å². The summed E-state index contributed by atoms with van der Waals surface area (Å²) in [6.45, 7) is 3.62. The van der Waals surface area contributed by atoms with E-state index in [1.807, 2.05) is 13.8 Å². The Hall–Kier alpha value is -3.49. The van der Waals surface area contributed by atoms with Gasteiger partial charge in [-0.1, -0.05) is 19.1 Å². The topological polar surface area (TPSA) is 108 Å². The normalized spacial score (nSPS) is 12.0. The van der Waals surface area contributed by atoms with Gasteiger partial charge in [-0.15, -0.1) is 0 Å². The Bertz CT molecular complexity index is 1130. The van der Waals surface area contributed by atoms with Crippen molar-refractivity contribution in [3.63, 3.8) is 0 Å². The highest BCUT2D eigenvalue weighted by Gasteiger charge is 2.18. The Kier molecular flexibility index (Phi) is 6.06. The minimum absolute atomic E-state index is 0.0271. The molecule has 0 saturated heterocycles. The molecule has 0 fully saturated rings. The van der Waals surface area contributed by atoms with Crippen molar-refractivity contribution in [2.75, 3.05) is 7.11 Å². The number of fused-ring (bicyclic) bond motifs is 1. The Morgan fingerprint density at radius 1 is 1.14 bits per heavy atom. The van der Waals surface area contributed by atoms with Gasteiger partial charge in [-0.2, -0.15) is 0 Å². The second-order valence-electron chi connectivity index (χ2n) is 6.71. The summed E-state index contributed by atoms with van der Waals surface area (Å²) in [5.41, 5.74) is -0.292. The molecule has 0 spiro atoms. The summed E-state index contributed by atoms with van der Waals surface area (Å²) in [6, 6.07) is 7.01. The third kappa shape index (κ3) is 4.34. The lowest BCUT2D eigenvalue weighted by molar-refractivity contribution is -0.122. The molecule has 2 aromatic heterocycles. The molecule has 9 heteroatoms. The van der Waals surface area contributed by atoms with Gasteiger partial charge in [0.15, 0.2) is 11.2 Å². The Morgan fingerprint density at radius 2 is 1.83 bits per heavy atom. The monoisotopic (exact) mass is 397 g/mol. The number of hydrogen-bond donors (Lipinski definition) is 1. The summed E-state index contributed by atoms with van der Waals surface area (Å²) in [4.78, 5) is 46.5. The Labute approximate surface area is 167 Å².